The number of hydrogen-bond donors (Lipinski definition) is 3. The van der Waals surface area contributed by atoms with E-state index in [-0.39, 0.29) is 23.0 Å². The fraction of sp³-hybridized carbons (Fsp3) is 0.150. The second-order valence-electron chi connectivity index (χ2n) is 6.93. The number of rotatable bonds is 2. The van der Waals surface area contributed by atoms with Gasteiger partial charge in [0.05, 0.1) is 5.39 Å². The van der Waals surface area contributed by atoms with Gasteiger partial charge in [-0.25, -0.2) is 14.4 Å². The van der Waals surface area contributed by atoms with Crippen molar-refractivity contribution < 1.29 is 13.9 Å². The molecular formula is C20H15F2N5O. The summed E-state index contributed by atoms with van der Waals surface area (Å²) in [6.07, 6.45) is 1.67. The summed E-state index contributed by atoms with van der Waals surface area (Å²) in [6.45, 7) is 0. The number of nitrogens with one attached hydrogen (secondary N) is 1. The first-order valence-corrected chi connectivity index (χ1v) is 8.78. The third-order valence-electron chi connectivity index (χ3n) is 5.16. The van der Waals surface area contributed by atoms with E-state index in [2.05, 4.69) is 32.3 Å². The van der Waals surface area contributed by atoms with Gasteiger partial charge in [-0.2, -0.15) is 9.49 Å². The van der Waals surface area contributed by atoms with Crippen LogP contribution < -0.4 is 5.73 Å². The quantitative estimate of drug-likeness (QED) is 0.495. The summed E-state index contributed by atoms with van der Waals surface area (Å²) in [5.74, 6) is -2.36. The number of phenols is 1. The molecule has 0 spiro atoms. The second-order valence-corrected chi connectivity index (χ2v) is 6.93. The van der Waals surface area contributed by atoms with Crippen LogP contribution in [-0.2, 0) is 12.8 Å². The van der Waals surface area contributed by atoms with Crippen molar-refractivity contribution in [2.45, 2.75) is 18.8 Å². The summed E-state index contributed by atoms with van der Waals surface area (Å²) >= 11 is 0. The molecule has 0 bridgehead atoms. The van der Waals surface area contributed by atoms with E-state index >= 15 is 0 Å². The summed E-state index contributed by atoms with van der Waals surface area (Å²) in [4.78, 5) is 9.03. The molecule has 4 aromatic rings. The van der Waals surface area contributed by atoms with Gasteiger partial charge in [0.2, 0.25) is 0 Å². The average molecular weight is 379 g/mol. The van der Waals surface area contributed by atoms with Gasteiger partial charge in [0, 0.05) is 11.5 Å². The molecule has 0 saturated carbocycles. The molecule has 2 aromatic heterocycles. The number of nitrogens with two attached hydrogens (primary N) is 1. The minimum atomic E-state index is -1.31. The third-order valence-corrected chi connectivity index (χ3v) is 5.16. The van der Waals surface area contributed by atoms with Crippen molar-refractivity contribution >= 4 is 16.9 Å². The van der Waals surface area contributed by atoms with Crippen LogP contribution in [0.25, 0.3) is 22.3 Å². The van der Waals surface area contributed by atoms with Gasteiger partial charge in [0.15, 0.2) is 23.0 Å². The highest BCUT2D eigenvalue weighted by Crippen LogP contribution is 2.36. The van der Waals surface area contributed by atoms with Crippen LogP contribution in [0.4, 0.5) is 14.6 Å². The number of aromatic hydroxyl groups is 1. The number of anilines is 1. The summed E-state index contributed by atoms with van der Waals surface area (Å²) < 4.78 is 27.1. The summed E-state index contributed by atoms with van der Waals surface area (Å²) in [7, 11) is 0. The third kappa shape index (κ3) is 2.49. The van der Waals surface area contributed by atoms with Gasteiger partial charge in [-0.1, -0.05) is 24.3 Å². The van der Waals surface area contributed by atoms with Crippen LogP contribution >= 0.6 is 0 Å². The lowest BCUT2D eigenvalue weighted by atomic mass is 10.0. The Hall–Kier alpha value is -3.55. The minimum absolute atomic E-state index is 0.114. The molecule has 1 aliphatic rings. The molecule has 0 unspecified atom stereocenters. The van der Waals surface area contributed by atoms with Crippen LogP contribution in [-0.4, -0.2) is 25.3 Å². The molecule has 0 amide bonds. The highest BCUT2D eigenvalue weighted by atomic mass is 19.2. The Morgan fingerprint density at radius 2 is 1.79 bits per heavy atom. The van der Waals surface area contributed by atoms with Gasteiger partial charge in [-0.05, 0) is 36.1 Å². The predicted molar refractivity (Wildman–Crippen MR) is 99.7 cm³/mol. The molecule has 5 rings (SSSR count). The molecule has 2 heterocycles. The topological polar surface area (TPSA) is 101 Å². The van der Waals surface area contributed by atoms with Crippen molar-refractivity contribution in [2.24, 2.45) is 0 Å². The van der Waals surface area contributed by atoms with Crippen LogP contribution in [0, 0.1) is 11.6 Å². The largest absolute Gasteiger partial charge is 0.505 e. The molecule has 0 saturated heterocycles. The maximum absolute atomic E-state index is 13.7. The van der Waals surface area contributed by atoms with E-state index in [0.29, 0.717) is 16.9 Å². The molecule has 0 radical (unpaired) electrons. The number of halogens is 2. The SMILES string of the molecule is Nc1nc(C2Cc3ccccc3C2)nc2[nH]nc(-c3cc(O)c(F)c(F)c3)c12. The molecule has 28 heavy (non-hydrogen) atoms. The Labute approximate surface area is 158 Å². The van der Waals surface area contributed by atoms with Crippen molar-refractivity contribution in [2.75, 3.05) is 5.73 Å². The monoisotopic (exact) mass is 379 g/mol. The average Bonchev–Trinajstić information content (AvgIpc) is 3.30. The van der Waals surface area contributed by atoms with Crippen LogP contribution in [0.2, 0.25) is 0 Å². The molecular weight excluding hydrogens is 364 g/mol. The number of hydrogen-bond acceptors (Lipinski definition) is 5. The number of aromatic nitrogens is 4. The lowest BCUT2D eigenvalue weighted by Gasteiger charge is -2.09. The number of benzene rings is 2. The number of nitrogen functional groups attached to an aromatic ring is 1. The number of aromatic amines is 1. The van der Waals surface area contributed by atoms with Crippen molar-refractivity contribution in [1.82, 2.24) is 20.2 Å². The van der Waals surface area contributed by atoms with E-state index in [1.54, 1.807) is 0 Å². The maximum Gasteiger partial charge on any atom is 0.200 e. The number of H-pyrrole nitrogens is 1. The van der Waals surface area contributed by atoms with E-state index in [1.165, 1.54) is 11.1 Å². The van der Waals surface area contributed by atoms with Crippen molar-refractivity contribution in [3.63, 3.8) is 0 Å². The first-order valence-electron chi connectivity index (χ1n) is 8.78. The molecule has 1 aliphatic carbocycles. The zero-order valence-electron chi connectivity index (χ0n) is 14.6. The molecule has 2 aromatic carbocycles. The molecule has 4 N–H and O–H groups in total. The number of nitrogens with zero attached hydrogens (tertiary/aromatic N) is 3. The highest BCUT2D eigenvalue weighted by Gasteiger charge is 2.26. The van der Waals surface area contributed by atoms with Gasteiger partial charge >= 0.3 is 0 Å². The van der Waals surface area contributed by atoms with Crippen LogP contribution in [0.3, 0.4) is 0 Å². The Bertz CT molecular complexity index is 1190. The fourth-order valence-corrected chi connectivity index (χ4v) is 3.82. The first kappa shape index (κ1) is 16.6. The van der Waals surface area contributed by atoms with Crippen molar-refractivity contribution in [3.8, 4) is 17.0 Å². The molecule has 0 aliphatic heterocycles. The summed E-state index contributed by atoms with van der Waals surface area (Å²) in [6, 6.07) is 10.3. The highest BCUT2D eigenvalue weighted by molar-refractivity contribution is 5.98. The second kappa shape index (κ2) is 5.98. The Morgan fingerprint density at radius 1 is 1.07 bits per heavy atom. The normalized spacial score (nSPS) is 13.9. The molecule has 140 valence electrons. The summed E-state index contributed by atoms with van der Waals surface area (Å²) in [5.41, 5.74) is 9.57. The van der Waals surface area contributed by atoms with Gasteiger partial charge in [-0.15, -0.1) is 0 Å². The molecule has 8 heteroatoms. The number of phenolic OH excluding ortho intramolecular Hbond substituents is 1. The van der Waals surface area contributed by atoms with Gasteiger partial charge in [0.1, 0.15) is 17.3 Å². The minimum Gasteiger partial charge on any atom is -0.505 e. The Kier molecular flexibility index (Phi) is 3.55. The van der Waals surface area contributed by atoms with E-state index in [9.17, 15) is 13.9 Å². The van der Waals surface area contributed by atoms with E-state index in [0.717, 1.165) is 25.0 Å². The Balaban J connectivity index is 1.58. The molecule has 0 atom stereocenters. The van der Waals surface area contributed by atoms with Crippen LogP contribution in [0.1, 0.15) is 22.9 Å². The van der Waals surface area contributed by atoms with E-state index < -0.39 is 17.4 Å². The maximum atomic E-state index is 13.7. The number of fused-ring (bicyclic) bond motifs is 2. The van der Waals surface area contributed by atoms with Crippen molar-refractivity contribution in [3.05, 3.63) is 65.0 Å². The van der Waals surface area contributed by atoms with Crippen molar-refractivity contribution in [1.29, 1.82) is 0 Å². The zero-order chi connectivity index (χ0) is 19.4. The standard InChI is InChI=1S/C20H15F2N5O/c21-13-7-11(8-14(28)16(13)22)17-15-18(23)24-19(25-20(15)27-26-17)12-5-9-3-1-2-4-10(9)6-12/h1-4,7-8,12,28H,5-6H2,(H3,23,24,25,26,27). The fourth-order valence-electron chi connectivity index (χ4n) is 3.82. The van der Waals surface area contributed by atoms with Gasteiger partial charge in [0.25, 0.3) is 0 Å². The van der Waals surface area contributed by atoms with Crippen LogP contribution in [0.5, 0.6) is 5.75 Å². The zero-order valence-corrected chi connectivity index (χ0v) is 14.6. The lowest BCUT2D eigenvalue weighted by Crippen LogP contribution is -2.07. The lowest BCUT2D eigenvalue weighted by molar-refractivity contribution is 0.407. The van der Waals surface area contributed by atoms with E-state index in [4.69, 9.17) is 5.73 Å². The first-order chi connectivity index (χ1) is 13.5. The van der Waals surface area contributed by atoms with Gasteiger partial charge < -0.3 is 10.8 Å². The smallest absolute Gasteiger partial charge is 0.200 e. The Morgan fingerprint density at radius 3 is 2.46 bits per heavy atom. The van der Waals surface area contributed by atoms with Crippen LogP contribution in [0.15, 0.2) is 36.4 Å². The predicted octanol–water partition coefficient (Wildman–Crippen LogP) is 3.47. The summed E-state index contributed by atoms with van der Waals surface area (Å²) in [5, 5.41) is 16.9. The molecule has 6 nitrogen and oxygen atoms in total. The van der Waals surface area contributed by atoms with E-state index in [1.807, 2.05) is 12.1 Å². The molecule has 0 fully saturated rings. The van der Waals surface area contributed by atoms with Gasteiger partial charge in [-0.3, -0.25) is 5.10 Å².